The van der Waals surface area contributed by atoms with Crippen LogP contribution in [0.2, 0.25) is 0 Å². The molecule has 0 aliphatic carbocycles. The van der Waals surface area contributed by atoms with Crippen LogP contribution in [0.5, 0.6) is 0 Å². The summed E-state index contributed by atoms with van der Waals surface area (Å²) in [5, 5.41) is 0. The first-order valence-corrected chi connectivity index (χ1v) is 6.79. The molecule has 0 radical (unpaired) electrons. The van der Waals surface area contributed by atoms with Gasteiger partial charge in [0.2, 0.25) is 0 Å². The lowest BCUT2D eigenvalue weighted by Crippen LogP contribution is -2.33. The summed E-state index contributed by atoms with van der Waals surface area (Å²) < 4.78 is 1.10. The normalized spacial score (nSPS) is 21.9. The molecule has 2 N–H and O–H groups in total. The minimum absolute atomic E-state index is 0.596. The van der Waals surface area contributed by atoms with Gasteiger partial charge in [0.05, 0.1) is 11.4 Å². The second-order valence-electron chi connectivity index (χ2n) is 4.59. The van der Waals surface area contributed by atoms with E-state index in [2.05, 4.69) is 33.8 Å². The number of hydrogen-bond donors (Lipinski definition) is 1. The van der Waals surface area contributed by atoms with Gasteiger partial charge in [-0.25, -0.2) is 0 Å². The van der Waals surface area contributed by atoms with Gasteiger partial charge in [-0.2, -0.15) is 0 Å². The molecule has 0 aromatic heterocycles. The summed E-state index contributed by atoms with van der Waals surface area (Å²) in [5.41, 5.74) is 8.14. The molecule has 1 aliphatic heterocycles. The first-order valence-electron chi connectivity index (χ1n) is 6.00. The molecule has 1 saturated heterocycles. The van der Waals surface area contributed by atoms with E-state index in [0.717, 1.165) is 16.7 Å². The predicted molar refractivity (Wildman–Crippen MR) is 73.8 cm³/mol. The van der Waals surface area contributed by atoms with E-state index in [1.165, 1.54) is 31.4 Å². The van der Waals surface area contributed by atoms with E-state index < -0.39 is 0 Å². The largest absolute Gasteiger partial charge is 0.397 e. The van der Waals surface area contributed by atoms with Crippen molar-refractivity contribution >= 4 is 27.3 Å². The highest BCUT2D eigenvalue weighted by molar-refractivity contribution is 9.10. The van der Waals surface area contributed by atoms with E-state index in [0.29, 0.717) is 6.04 Å². The van der Waals surface area contributed by atoms with Gasteiger partial charge in [0.25, 0.3) is 0 Å². The van der Waals surface area contributed by atoms with Crippen molar-refractivity contribution in [2.45, 2.75) is 38.6 Å². The van der Waals surface area contributed by atoms with Gasteiger partial charge in [0.15, 0.2) is 0 Å². The third-order valence-electron chi connectivity index (χ3n) is 3.35. The van der Waals surface area contributed by atoms with Crippen molar-refractivity contribution in [3.63, 3.8) is 0 Å². The number of nitrogens with two attached hydrogens (primary N) is 1. The highest BCUT2D eigenvalue weighted by Gasteiger charge is 2.19. The Morgan fingerprint density at radius 3 is 2.94 bits per heavy atom. The SMILES string of the molecule is CC1CCCCCN1c1cc(Br)ccc1N. The molecule has 0 bridgehead atoms. The Labute approximate surface area is 106 Å². The van der Waals surface area contributed by atoms with Crippen molar-refractivity contribution in [3.05, 3.63) is 22.7 Å². The van der Waals surface area contributed by atoms with Crippen LogP contribution in [-0.4, -0.2) is 12.6 Å². The summed E-state index contributed by atoms with van der Waals surface area (Å²) in [4.78, 5) is 2.45. The van der Waals surface area contributed by atoms with Crippen molar-refractivity contribution in [1.29, 1.82) is 0 Å². The molecule has 0 amide bonds. The Hall–Kier alpha value is -0.700. The number of nitrogens with zero attached hydrogens (tertiary/aromatic N) is 1. The minimum Gasteiger partial charge on any atom is -0.397 e. The molecule has 1 fully saturated rings. The highest BCUT2D eigenvalue weighted by atomic mass is 79.9. The van der Waals surface area contributed by atoms with Crippen LogP contribution in [0.15, 0.2) is 22.7 Å². The fourth-order valence-corrected chi connectivity index (χ4v) is 2.75. The third-order valence-corrected chi connectivity index (χ3v) is 3.85. The molecule has 1 heterocycles. The fourth-order valence-electron chi connectivity index (χ4n) is 2.40. The Morgan fingerprint density at radius 1 is 1.31 bits per heavy atom. The lowest BCUT2D eigenvalue weighted by molar-refractivity contribution is 0.616. The number of nitrogen functional groups attached to an aromatic ring is 1. The van der Waals surface area contributed by atoms with Gasteiger partial charge in [0, 0.05) is 17.1 Å². The van der Waals surface area contributed by atoms with Crippen LogP contribution < -0.4 is 10.6 Å². The van der Waals surface area contributed by atoms with E-state index in [4.69, 9.17) is 5.73 Å². The van der Waals surface area contributed by atoms with Crippen molar-refractivity contribution in [1.82, 2.24) is 0 Å². The number of halogens is 1. The molecule has 1 aromatic rings. The molecule has 3 heteroatoms. The third kappa shape index (κ3) is 2.51. The molecule has 1 atom stereocenters. The molecular formula is C13H19BrN2. The molecule has 0 spiro atoms. The van der Waals surface area contributed by atoms with E-state index in [1.807, 2.05) is 12.1 Å². The average Bonchev–Trinajstić information content (AvgIpc) is 2.47. The van der Waals surface area contributed by atoms with Crippen LogP contribution in [0.3, 0.4) is 0 Å². The standard InChI is InChI=1S/C13H19BrN2/c1-10-5-3-2-4-8-16(10)13-9-11(14)6-7-12(13)15/h6-7,9-10H,2-5,8,15H2,1H3. The molecule has 2 rings (SSSR count). The zero-order valence-electron chi connectivity index (χ0n) is 9.75. The van der Waals surface area contributed by atoms with Crippen molar-refractivity contribution in [3.8, 4) is 0 Å². The van der Waals surface area contributed by atoms with Crippen molar-refractivity contribution < 1.29 is 0 Å². The lowest BCUT2D eigenvalue weighted by atomic mass is 10.1. The molecule has 88 valence electrons. The van der Waals surface area contributed by atoms with Gasteiger partial charge in [0.1, 0.15) is 0 Å². The molecule has 16 heavy (non-hydrogen) atoms. The van der Waals surface area contributed by atoms with E-state index in [-0.39, 0.29) is 0 Å². The predicted octanol–water partition coefficient (Wildman–Crippen LogP) is 3.80. The zero-order valence-corrected chi connectivity index (χ0v) is 11.3. The maximum atomic E-state index is 6.07. The summed E-state index contributed by atoms with van der Waals surface area (Å²) in [6, 6.07) is 6.72. The smallest absolute Gasteiger partial charge is 0.0613 e. The van der Waals surface area contributed by atoms with Gasteiger partial charge in [-0.3, -0.25) is 0 Å². The lowest BCUT2D eigenvalue weighted by Gasteiger charge is -2.30. The first kappa shape index (κ1) is 11.8. The number of hydrogen-bond acceptors (Lipinski definition) is 2. The molecule has 1 aliphatic rings. The summed E-state index contributed by atoms with van der Waals surface area (Å²) in [5.74, 6) is 0. The minimum atomic E-state index is 0.596. The van der Waals surface area contributed by atoms with Crippen LogP contribution in [0.4, 0.5) is 11.4 Å². The molecule has 1 aromatic carbocycles. The molecular weight excluding hydrogens is 264 g/mol. The van der Waals surface area contributed by atoms with E-state index >= 15 is 0 Å². The number of anilines is 2. The van der Waals surface area contributed by atoms with Gasteiger partial charge in [-0.05, 0) is 38.0 Å². The highest BCUT2D eigenvalue weighted by Crippen LogP contribution is 2.31. The van der Waals surface area contributed by atoms with Crippen LogP contribution in [-0.2, 0) is 0 Å². The summed E-state index contributed by atoms with van der Waals surface area (Å²) in [7, 11) is 0. The Bertz CT molecular complexity index is 365. The quantitative estimate of drug-likeness (QED) is 0.794. The monoisotopic (exact) mass is 282 g/mol. The fraction of sp³-hybridized carbons (Fsp3) is 0.538. The Kier molecular flexibility index (Phi) is 3.74. The number of benzene rings is 1. The molecule has 2 nitrogen and oxygen atoms in total. The maximum Gasteiger partial charge on any atom is 0.0613 e. The second-order valence-corrected chi connectivity index (χ2v) is 5.51. The first-order chi connectivity index (χ1) is 7.68. The van der Waals surface area contributed by atoms with Gasteiger partial charge >= 0.3 is 0 Å². The van der Waals surface area contributed by atoms with Gasteiger partial charge < -0.3 is 10.6 Å². The molecule has 1 unspecified atom stereocenters. The zero-order chi connectivity index (χ0) is 11.5. The van der Waals surface area contributed by atoms with Crippen LogP contribution in [0.1, 0.15) is 32.6 Å². The van der Waals surface area contributed by atoms with Gasteiger partial charge in [-0.1, -0.05) is 28.8 Å². The topological polar surface area (TPSA) is 29.3 Å². The van der Waals surface area contributed by atoms with Gasteiger partial charge in [-0.15, -0.1) is 0 Å². The van der Waals surface area contributed by atoms with Crippen molar-refractivity contribution in [2.75, 3.05) is 17.2 Å². The maximum absolute atomic E-state index is 6.07. The van der Waals surface area contributed by atoms with Crippen LogP contribution in [0.25, 0.3) is 0 Å². The number of rotatable bonds is 1. The summed E-state index contributed by atoms with van der Waals surface area (Å²) in [6.45, 7) is 3.42. The summed E-state index contributed by atoms with van der Waals surface area (Å²) >= 11 is 3.52. The van der Waals surface area contributed by atoms with E-state index in [1.54, 1.807) is 0 Å². The Morgan fingerprint density at radius 2 is 2.12 bits per heavy atom. The second kappa shape index (κ2) is 5.09. The van der Waals surface area contributed by atoms with Crippen LogP contribution in [0, 0.1) is 0 Å². The van der Waals surface area contributed by atoms with Crippen molar-refractivity contribution in [2.24, 2.45) is 0 Å². The summed E-state index contributed by atoms with van der Waals surface area (Å²) in [6.07, 6.45) is 5.22. The Balaban J connectivity index is 2.29. The average molecular weight is 283 g/mol. The van der Waals surface area contributed by atoms with E-state index in [9.17, 15) is 0 Å². The molecule has 0 saturated carbocycles. The van der Waals surface area contributed by atoms with Crippen LogP contribution >= 0.6 is 15.9 Å².